The van der Waals surface area contributed by atoms with E-state index >= 15 is 0 Å². The van der Waals surface area contributed by atoms with Gasteiger partial charge in [-0.3, -0.25) is 0 Å². The van der Waals surface area contributed by atoms with Crippen LogP contribution >= 0.6 is 0 Å². The molecule has 1 aliphatic heterocycles. The normalized spacial score (nSPS) is 19.0. The van der Waals surface area contributed by atoms with Gasteiger partial charge in [-0.2, -0.15) is 5.90 Å². The largest absolute Gasteiger partial charge is 1.00 e. The van der Waals surface area contributed by atoms with Gasteiger partial charge in [0.1, 0.15) is 0 Å². The maximum atomic E-state index is 10.9. The zero-order chi connectivity index (χ0) is 18.1. The first-order chi connectivity index (χ1) is 11.1. The number of ether oxygens (including phenoxy) is 1. The van der Waals surface area contributed by atoms with Crippen LogP contribution in [-0.4, -0.2) is 37.9 Å². The van der Waals surface area contributed by atoms with Crippen molar-refractivity contribution in [3.63, 3.8) is 0 Å². The van der Waals surface area contributed by atoms with Gasteiger partial charge in [0.25, 0.3) is 0 Å². The van der Waals surface area contributed by atoms with Crippen molar-refractivity contribution in [2.75, 3.05) is 24.3 Å². The van der Waals surface area contributed by atoms with E-state index in [-0.39, 0.29) is 53.2 Å². The van der Waals surface area contributed by atoms with Crippen molar-refractivity contribution in [1.29, 1.82) is 0 Å². The number of benzene rings is 1. The van der Waals surface area contributed by atoms with Crippen LogP contribution in [0, 0.1) is 0 Å². The molecule has 0 fully saturated rings. The summed E-state index contributed by atoms with van der Waals surface area (Å²) in [5.74, 6) is 6.22. The second-order valence-corrected chi connectivity index (χ2v) is 8.39. The summed E-state index contributed by atoms with van der Waals surface area (Å²) in [6, 6.07) is 3.73. The Balaban J connectivity index is 0.00000312. The third kappa shape index (κ3) is 5.24. The van der Waals surface area contributed by atoms with Gasteiger partial charge in [-0.05, 0) is 44.2 Å². The van der Waals surface area contributed by atoms with Gasteiger partial charge in [0.05, 0.1) is 17.2 Å². The maximum absolute atomic E-state index is 10.9. The summed E-state index contributed by atoms with van der Waals surface area (Å²) >= 11 is 0. The number of methoxy groups -OCH3 is 1. The SMILES string of the molecule is COc1cc2c(cc1ON)C(C)CC(C)(C)N2CCCS(=O)(=O)[O-].[Na+]. The fourth-order valence-electron chi connectivity index (χ4n) is 3.56. The van der Waals surface area contributed by atoms with Crippen LogP contribution in [0.5, 0.6) is 11.5 Å². The summed E-state index contributed by atoms with van der Waals surface area (Å²) in [6.45, 7) is 6.82. The first-order valence-electron chi connectivity index (χ1n) is 7.89. The van der Waals surface area contributed by atoms with Gasteiger partial charge < -0.3 is 19.0 Å². The first-order valence-corrected chi connectivity index (χ1v) is 9.46. The Bertz CT molecular complexity index is 709. The van der Waals surface area contributed by atoms with Crippen LogP contribution < -0.4 is 49.9 Å². The van der Waals surface area contributed by atoms with Crippen LogP contribution in [0.3, 0.4) is 0 Å². The molecule has 2 rings (SSSR count). The second-order valence-electron chi connectivity index (χ2n) is 6.86. The number of fused-ring (bicyclic) bond motifs is 1. The number of rotatable bonds is 6. The van der Waals surface area contributed by atoms with E-state index in [0.29, 0.717) is 18.0 Å². The van der Waals surface area contributed by atoms with Crippen molar-refractivity contribution in [1.82, 2.24) is 0 Å². The van der Waals surface area contributed by atoms with Gasteiger partial charge in [0.15, 0.2) is 11.5 Å². The van der Waals surface area contributed by atoms with Gasteiger partial charge in [0.2, 0.25) is 0 Å². The molecule has 0 spiro atoms. The minimum atomic E-state index is -4.21. The molecule has 0 saturated carbocycles. The fourth-order valence-corrected chi connectivity index (χ4v) is 4.05. The van der Waals surface area contributed by atoms with Gasteiger partial charge in [-0.25, -0.2) is 8.42 Å². The second kappa shape index (κ2) is 8.45. The molecule has 1 aromatic carbocycles. The third-order valence-electron chi connectivity index (χ3n) is 4.57. The predicted octanol–water partition coefficient (Wildman–Crippen LogP) is -1.02. The fraction of sp³-hybridized carbons (Fsp3) is 0.625. The van der Waals surface area contributed by atoms with Gasteiger partial charge in [0, 0.05) is 29.6 Å². The molecule has 0 aromatic heterocycles. The minimum absolute atomic E-state index is 0. The molecule has 1 aromatic rings. The summed E-state index contributed by atoms with van der Waals surface area (Å²) in [4.78, 5) is 7.03. The van der Waals surface area contributed by atoms with Crippen molar-refractivity contribution in [3.8, 4) is 11.5 Å². The van der Waals surface area contributed by atoms with E-state index in [1.165, 1.54) is 7.11 Å². The summed E-state index contributed by atoms with van der Waals surface area (Å²) in [6.07, 6.45) is 1.17. The van der Waals surface area contributed by atoms with E-state index in [0.717, 1.165) is 17.7 Å². The average molecular weight is 380 g/mol. The summed E-state index contributed by atoms with van der Waals surface area (Å²) in [5, 5.41) is 0. The minimum Gasteiger partial charge on any atom is -0.748 e. The van der Waals surface area contributed by atoms with E-state index in [9.17, 15) is 13.0 Å². The van der Waals surface area contributed by atoms with Crippen LogP contribution in [0.1, 0.15) is 45.1 Å². The van der Waals surface area contributed by atoms with E-state index < -0.39 is 10.1 Å². The molecule has 2 N–H and O–H groups in total. The number of hydrogen-bond donors (Lipinski definition) is 1. The van der Waals surface area contributed by atoms with Crippen molar-refractivity contribution >= 4 is 15.8 Å². The van der Waals surface area contributed by atoms with Crippen LogP contribution in [-0.2, 0) is 10.1 Å². The monoisotopic (exact) mass is 380 g/mol. The van der Waals surface area contributed by atoms with Crippen molar-refractivity contribution < 1.29 is 52.1 Å². The molecule has 0 bridgehead atoms. The van der Waals surface area contributed by atoms with Crippen molar-refractivity contribution in [3.05, 3.63) is 17.7 Å². The molecular weight excluding hydrogens is 355 g/mol. The molecule has 1 unspecified atom stereocenters. The Morgan fingerprint density at radius 1 is 1.36 bits per heavy atom. The third-order valence-corrected chi connectivity index (χ3v) is 5.36. The first kappa shape index (κ1) is 22.5. The molecule has 0 amide bonds. The van der Waals surface area contributed by atoms with Crippen molar-refractivity contribution in [2.24, 2.45) is 5.90 Å². The smallest absolute Gasteiger partial charge is 0.748 e. The molecular formula is C16H25N2NaO5S. The Morgan fingerprint density at radius 3 is 2.52 bits per heavy atom. The Morgan fingerprint density at radius 2 is 2.00 bits per heavy atom. The van der Waals surface area contributed by atoms with E-state index in [1.807, 2.05) is 12.1 Å². The van der Waals surface area contributed by atoms with Crippen LogP contribution in [0.2, 0.25) is 0 Å². The van der Waals surface area contributed by atoms with E-state index in [1.54, 1.807) is 0 Å². The number of nitrogens with two attached hydrogens (primary N) is 1. The maximum Gasteiger partial charge on any atom is 1.00 e. The van der Waals surface area contributed by atoms with Gasteiger partial charge in [-0.15, -0.1) is 0 Å². The molecule has 7 nitrogen and oxygen atoms in total. The number of hydrogen-bond acceptors (Lipinski definition) is 7. The standard InChI is InChI=1S/C16H26N2O5S.Na/c1-11-10-16(2,3)18(6-5-7-24(19,20)21)13-9-14(22-4)15(23-17)8-12(11)13;/h8-9,11H,5-7,10,17H2,1-4H3,(H,19,20,21);/q;+1/p-1. The van der Waals surface area contributed by atoms with E-state index in [2.05, 4.69) is 25.7 Å². The van der Waals surface area contributed by atoms with Crippen LogP contribution in [0.4, 0.5) is 5.69 Å². The predicted molar refractivity (Wildman–Crippen MR) is 91.4 cm³/mol. The molecule has 9 heteroatoms. The van der Waals surface area contributed by atoms with Gasteiger partial charge >= 0.3 is 29.6 Å². The number of nitrogens with zero attached hydrogens (tertiary/aromatic N) is 1. The van der Waals surface area contributed by atoms with Crippen LogP contribution in [0.15, 0.2) is 12.1 Å². The average Bonchev–Trinajstić information content (AvgIpc) is 2.47. The zero-order valence-electron chi connectivity index (χ0n) is 15.5. The molecule has 1 atom stereocenters. The molecule has 1 heterocycles. The van der Waals surface area contributed by atoms with E-state index in [4.69, 9.17) is 15.5 Å². The zero-order valence-corrected chi connectivity index (χ0v) is 18.4. The summed E-state index contributed by atoms with van der Waals surface area (Å²) in [5.41, 5.74) is 1.86. The molecule has 25 heavy (non-hydrogen) atoms. The Labute approximate surface area is 171 Å². The quantitative estimate of drug-likeness (QED) is 0.383. The van der Waals surface area contributed by atoms with Crippen molar-refractivity contribution in [2.45, 2.75) is 45.1 Å². The molecule has 1 aliphatic rings. The Kier molecular flexibility index (Phi) is 7.62. The number of anilines is 1. The molecule has 0 radical (unpaired) electrons. The topological polar surface area (TPSA) is 105 Å². The van der Waals surface area contributed by atoms with Crippen LogP contribution in [0.25, 0.3) is 0 Å². The summed E-state index contributed by atoms with van der Waals surface area (Å²) in [7, 11) is -2.67. The molecule has 0 aliphatic carbocycles. The molecule has 136 valence electrons. The Hall–Kier alpha value is -0.510. The molecule has 0 saturated heterocycles. The summed E-state index contributed by atoms with van der Waals surface area (Å²) < 4.78 is 38.0. The van der Waals surface area contributed by atoms with Gasteiger partial charge in [-0.1, -0.05) is 6.92 Å².